The largest absolute Gasteiger partial charge is 0.463 e. The highest BCUT2D eigenvalue weighted by Crippen LogP contribution is 2.19. The summed E-state index contributed by atoms with van der Waals surface area (Å²) in [5.74, 6) is -1.25. The molecule has 0 spiro atoms. The Morgan fingerprint density at radius 1 is 1.24 bits per heavy atom. The van der Waals surface area contributed by atoms with Gasteiger partial charge in [0.25, 0.3) is 0 Å². The molecule has 34 heavy (non-hydrogen) atoms. The molecule has 0 unspecified atom stereocenters. The summed E-state index contributed by atoms with van der Waals surface area (Å²) < 4.78 is 10.8. The third-order valence-electron chi connectivity index (χ3n) is 5.87. The lowest BCUT2D eigenvalue weighted by atomic mass is 10.0. The number of carbonyl (C=O) groups excluding carboxylic acids is 3. The Balaban J connectivity index is 1.35. The van der Waals surface area contributed by atoms with E-state index in [1.165, 1.54) is 6.08 Å². The van der Waals surface area contributed by atoms with Crippen molar-refractivity contribution in [2.24, 2.45) is 0 Å². The summed E-state index contributed by atoms with van der Waals surface area (Å²) in [5.41, 5.74) is 0.906. The van der Waals surface area contributed by atoms with E-state index in [1.807, 2.05) is 42.5 Å². The van der Waals surface area contributed by atoms with Crippen molar-refractivity contribution in [2.75, 3.05) is 26.3 Å². The van der Waals surface area contributed by atoms with Crippen LogP contribution in [0.3, 0.4) is 0 Å². The summed E-state index contributed by atoms with van der Waals surface area (Å²) >= 11 is 5.40. The van der Waals surface area contributed by atoms with Crippen molar-refractivity contribution in [1.82, 2.24) is 15.5 Å². The third kappa shape index (κ3) is 5.98. The molecule has 0 aliphatic carbocycles. The second-order valence-electron chi connectivity index (χ2n) is 8.22. The number of nitrogens with one attached hydrogen (secondary N) is 2. The average Bonchev–Trinajstić information content (AvgIpc) is 3.36. The summed E-state index contributed by atoms with van der Waals surface area (Å²) in [4.78, 5) is 38.9. The molecule has 2 aliphatic rings. The highest BCUT2D eigenvalue weighted by molar-refractivity contribution is 7.80. The molecule has 8 nitrogen and oxygen atoms in total. The van der Waals surface area contributed by atoms with Crippen molar-refractivity contribution in [2.45, 2.75) is 31.4 Å². The molecule has 2 saturated heterocycles. The molecule has 0 saturated carbocycles. The Morgan fingerprint density at radius 3 is 2.88 bits per heavy atom. The van der Waals surface area contributed by atoms with Gasteiger partial charge in [0.05, 0.1) is 12.5 Å². The molecule has 2 atom stereocenters. The van der Waals surface area contributed by atoms with Crippen molar-refractivity contribution in [3.05, 3.63) is 54.1 Å². The third-order valence-corrected chi connectivity index (χ3v) is 6.21. The number of fused-ring (bicyclic) bond motifs is 1. The van der Waals surface area contributed by atoms with E-state index in [-0.39, 0.29) is 30.2 Å². The summed E-state index contributed by atoms with van der Waals surface area (Å²) in [6.45, 7) is 1.58. The van der Waals surface area contributed by atoms with Gasteiger partial charge in [-0.1, -0.05) is 42.5 Å². The lowest BCUT2D eigenvalue weighted by molar-refractivity contribution is -0.150. The van der Waals surface area contributed by atoms with E-state index in [0.717, 1.165) is 29.2 Å². The van der Waals surface area contributed by atoms with Gasteiger partial charge < -0.3 is 19.7 Å². The van der Waals surface area contributed by atoms with E-state index in [0.29, 0.717) is 19.7 Å². The average molecular weight is 482 g/mol. The zero-order valence-electron chi connectivity index (χ0n) is 18.7. The standard InChI is InChI=1S/C25H27N3O5S/c29-22(11-10-18-7-3-6-17-5-1-2-9-20(17)18)27-25(34)28-13-12-26-24(31)21(28)15-23(30)33-16-19-8-4-14-32-19/h1-3,5-7,9-11,19,21H,4,8,12-16H2,(H,26,31)(H,27,29,34)/b11-10+/t19-,21+/m0/s1. The summed E-state index contributed by atoms with van der Waals surface area (Å²) in [6, 6.07) is 12.9. The van der Waals surface area contributed by atoms with Crippen molar-refractivity contribution >= 4 is 52.0 Å². The van der Waals surface area contributed by atoms with E-state index >= 15 is 0 Å². The molecular formula is C25H27N3O5S. The minimum atomic E-state index is -0.847. The highest BCUT2D eigenvalue weighted by atomic mass is 32.1. The van der Waals surface area contributed by atoms with Crippen LogP contribution in [0.5, 0.6) is 0 Å². The summed E-state index contributed by atoms with van der Waals surface area (Å²) in [6.07, 6.45) is 4.68. The molecule has 178 valence electrons. The fourth-order valence-corrected chi connectivity index (χ4v) is 4.44. The number of piperazine rings is 1. The van der Waals surface area contributed by atoms with E-state index in [9.17, 15) is 14.4 Å². The van der Waals surface area contributed by atoms with Gasteiger partial charge in [-0.3, -0.25) is 19.7 Å². The number of rotatable bonds is 6. The number of ether oxygens (including phenoxy) is 2. The number of carbonyl (C=O) groups is 3. The van der Waals surface area contributed by atoms with Gasteiger partial charge in [0.15, 0.2) is 5.11 Å². The Bertz CT molecular complexity index is 1110. The first-order valence-electron chi connectivity index (χ1n) is 11.3. The zero-order chi connectivity index (χ0) is 23.9. The van der Waals surface area contributed by atoms with Crippen LogP contribution in [0, 0.1) is 0 Å². The second kappa shape index (κ2) is 11.2. The maximum Gasteiger partial charge on any atom is 0.308 e. The quantitative estimate of drug-likeness (QED) is 0.371. The van der Waals surface area contributed by atoms with Crippen LogP contribution in [0.25, 0.3) is 16.8 Å². The number of esters is 1. The Kier molecular flexibility index (Phi) is 7.87. The zero-order valence-corrected chi connectivity index (χ0v) is 19.5. The van der Waals surface area contributed by atoms with Crippen molar-refractivity contribution in [3.63, 3.8) is 0 Å². The van der Waals surface area contributed by atoms with Crippen molar-refractivity contribution < 1.29 is 23.9 Å². The SMILES string of the molecule is O=C(/C=C/c1cccc2ccccc12)NC(=S)N1CCNC(=O)[C@H]1CC(=O)OC[C@@H]1CCCO1. The van der Waals surface area contributed by atoms with Crippen LogP contribution in [0.4, 0.5) is 0 Å². The van der Waals surface area contributed by atoms with Crippen LogP contribution in [-0.4, -0.2) is 66.2 Å². The van der Waals surface area contributed by atoms with Gasteiger partial charge in [0.2, 0.25) is 11.8 Å². The molecular weight excluding hydrogens is 454 g/mol. The summed E-state index contributed by atoms with van der Waals surface area (Å²) in [7, 11) is 0. The van der Waals surface area contributed by atoms with Gasteiger partial charge >= 0.3 is 5.97 Å². The number of nitrogens with zero attached hydrogens (tertiary/aromatic N) is 1. The van der Waals surface area contributed by atoms with Gasteiger partial charge in [0, 0.05) is 25.8 Å². The number of thiocarbonyl (C=S) groups is 1. The van der Waals surface area contributed by atoms with Crippen LogP contribution in [0.15, 0.2) is 48.5 Å². The molecule has 2 fully saturated rings. The molecule has 2 heterocycles. The van der Waals surface area contributed by atoms with E-state index < -0.39 is 17.9 Å². The maximum absolute atomic E-state index is 12.5. The topological polar surface area (TPSA) is 97.0 Å². The smallest absolute Gasteiger partial charge is 0.308 e. The minimum absolute atomic E-state index is 0.0888. The van der Waals surface area contributed by atoms with Crippen LogP contribution in [-0.2, 0) is 23.9 Å². The lowest BCUT2D eigenvalue weighted by Gasteiger charge is -2.36. The highest BCUT2D eigenvalue weighted by Gasteiger charge is 2.34. The lowest BCUT2D eigenvalue weighted by Crippen LogP contribution is -2.60. The molecule has 4 rings (SSSR count). The van der Waals surface area contributed by atoms with Crippen LogP contribution >= 0.6 is 12.2 Å². The predicted octanol–water partition coefficient (Wildman–Crippen LogP) is 2.17. The van der Waals surface area contributed by atoms with Crippen LogP contribution in [0.2, 0.25) is 0 Å². The second-order valence-corrected chi connectivity index (χ2v) is 8.61. The van der Waals surface area contributed by atoms with Gasteiger partial charge in [-0.2, -0.15) is 0 Å². The molecule has 2 N–H and O–H groups in total. The predicted molar refractivity (Wildman–Crippen MR) is 132 cm³/mol. The number of benzene rings is 2. The Labute approximate surface area is 203 Å². The fraction of sp³-hybridized carbons (Fsp3) is 0.360. The van der Waals surface area contributed by atoms with Gasteiger partial charge in [-0.15, -0.1) is 0 Å². The summed E-state index contributed by atoms with van der Waals surface area (Å²) in [5, 5.41) is 7.59. The normalized spacial score (nSPS) is 20.4. The van der Waals surface area contributed by atoms with Crippen molar-refractivity contribution in [3.8, 4) is 0 Å². The van der Waals surface area contributed by atoms with Crippen LogP contribution in [0.1, 0.15) is 24.8 Å². The minimum Gasteiger partial charge on any atom is -0.463 e. The maximum atomic E-state index is 12.5. The van der Waals surface area contributed by atoms with Crippen LogP contribution < -0.4 is 10.6 Å². The molecule has 2 aromatic carbocycles. The molecule has 2 amide bonds. The molecule has 9 heteroatoms. The molecule has 0 radical (unpaired) electrons. The first kappa shape index (κ1) is 23.8. The van der Waals surface area contributed by atoms with E-state index in [1.54, 1.807) is 11.0 Å². The van der Waals surface area contributed by atoms with Gasteiger partial charge in [-0.05, 0) is 47.5 Å². The van der Waals surface area contributed by atoms with Gasteiger partial charge in [0.1, 0.15) is 12.6 Å². The number of hydrogen-bond donors (Lipinski definition) is 2. The van der Waals surface area contributed by atoms with Crippen molar-refractivity contribution in [1.29, 1.82) is 0 Å². The number of amides is 2. The fourth-order valence-electron chi connectivity index (χ4n) is 4.12. The Hall–Kier alpha value is -3.30. The van der Waals surface area contributed by atoms with Gasteiger partial charge in [-0.25, -0.2) is 0 Å². The molecule has 2 aliphatic heterocycles. The Morgan fingerprint density at radius 2 is 2.06 bits per heavy atom. The first-order valence-corrected chi connectivity index (χ1v) is 11.7. The van der Waals surface area contributed by atoms with E-state index in [2.05, 4.69) is 10.6 Å². The number of hydrogen-bond acceptors (Lipinski definition) is 6. The first-order chi connectivity index (χ1) is 16.5. The van der Waals surface area contributed by atoms with E-state index in [4.69, 9.17) is 21.7 Å². The monoisotopic (exact) mass is 481 g/mol. The molecule has 0 bridgehead atoms. The molecule has 0 aromatic heterocycles. The molecule has 2 aromatic rings.